The zero-order valence-electron chi connectivity index (χ0n) is 15.9. The molecule has 1 N–H and O–H groups in total. The summed E-state index contributed by atoms with van der Waals surface area (Å²) >= 11 is 0. The molecule has 0 bridgehead atoms. The molecule has 0 aliphatic heterocycles. The Balaban J connectivity index is 1.88. The van der Waals surface area contributed by atoms with Gasteiger partial charge in [0.1, 0.15) is 22.8 Å². The maximum Gasteiger partial charge on any atom is 0.331 e. The molecule has 1 unspecified atom stereocenters. The van der Waals surface area contributed by atoms with E-state index in [1.807, 2.05) is 37.3 Å². The van der Waals surface area contributed by atoms with Crippen molar-refractivity contribution in [2.45, 2.75) is 32.2 Å². The van der Waals surface area contributed by atoms with Crippen LogP contribution in [-0.4, -0.2) is 31.1 Å². The number of carbonyl (C=O) groups excluding carboxylic acids is 2. The lowest BCUT2D eigenvalue weighted by molar-refractivity contribution is -0.150. The molecule has 0 spiro atoms. The average molecular weight is 371 g/mol. The largest absolute Gasteiger partial charge is 0.484 e. The summed E-state index contributed by atoms with van der Waals surface area (Å²) in [5.41, 5.74) is -1.06. The summed E-state index contributed by atoms with van der Waals surface area (Å²) < 4.78 is 16.0. The first-order valence-electron chi connectivity index (χ1n) is 8.82. The zero-order valence-corrected chi connectivity index (χ0v) is 15.9. The Labute approximate surface area is 159 Å². The third-order valence-electron chi connectivity index (χ3n) is 3.97. The van der Waals surface area contributed by atoms with Crippen molar-refractivity contribution in [3.63, 3.8) is 0 Å². The second-order valence-corrected chi connectivity index (χ2v) is 6.30. The number of rotatable bonds is 9. The highest BCUT2D eigenvalue weighted by Gasteiger charge is 2.35. The van der Waals surface area contributed by atoms with E-state index in [-0.39, 0.29) is 12.5 Å². The smallest absolute Gasteiger partial charge is 0.331 e. The number of carbonyl (C=O) groups is 2. The number of para-hydroxylation sites is 1. The SMILES string of the molecule is CCCC(C)(NC(=O)COc1ccc(Oc2ccccc2)cc1)C(=O)OC. The Hall–Kier alpha value is -3.02. The highest BCUT2D eigenvalue weighted by atomic mass is 16.5. The molecule has 6 heteroatoms. The van der Waals surface area contributed by atoms with Gasteiger partial charge in [-0.1, -0.05) is 31.5 Å². The van der Waals surface area contributed by atoms with E-state index in [2.05, 4.69) is 5.32 Å². The second kappa shape index (κ2) is 9.62. The molecule has 27 heavy (non-hydrogen) atoms. The third kappa shape index (κ3) is 6.02. The summed E-state index contributed by atoms with van der Waals surface area (Å²) in [4.78, 5) is 24.1. The van der Waals surface area contributed by atoms with E-state index in [1.54, 1.807) is 31.2 Å². The predicted molar refractivity (Wildman–Crippen MR) is 102 cm³/mol. The van der Waals surface area contributed by atoms with Crippen molar-refractivity contribution < 1.29 is 23.8 Å². The monoisotopic (exact) mass is 371 g/mol. The van der Waals surface area contributed by atoms with Crippen LogP contribution in [0, 0.1) is 0 Å². The predicted octanol–water partition coefficient (Wildman–Crippen LogP) is 3.71. The number of benzene rings is 2. The summed E-state index contributed by atoms with van der Waals surface area (Å²) in [6, 6.07) is 16.4. The number of nitrogens with one attached hydrogen (secondary N) is 1. The standard InChI is InChI=1S/C21H25NO5/c1-4-14-21(2,20(24)25-3)22-19(23)15-26-16-10-12-18(13-11-16)27-17-8-6-5-7-9-17/h5-13H,4,14-15H2,1-3H3,(H,22,23). The molecule has 0 fully saturated rings. The fourth-order valence-corrected chi connectivity index (χ4v) is 2.66. The number of hydrogen-bond donors (Lipinski definition) is 1. The van der Waals surface area contributed by atoms with Gasteiger partial charge in [-0.3, -0.25) is 4.79 Å². The van der Waals surface area contributed by atoms with Crippen molar-refractivity contribution in [2.75, 3.05) is 13.7 Å². The molecule has 0 aliphatic rings. The molecule has 2 aromatic carbocycles. The lowest BCUT2D eigenvalue weighted by atomic mass is 9.96. The molecule has 2 rings (SSSR count). The van der Waals surface area contributed by atoms with Crippen molar-refractivity contribution in [1.82, 2.24) is 5.32 Å². The van der Waals surface area contributed by atoms with Crippen molar-refractivity contribution in [2.24, 2.45) is 0 Å². The fraction of sp³-hybridized carbons (Fsp3) is 0.333. The van der Waals surface area contributed by atoms with Crippen LogP contribution in [0.3, 0.4) is 0 Å². The zero-order chi connectivity index (χ0) is 19.7. The third-order valence-corrected chi connectivity index (χ3v) is 3.97. The Kier molecular flexibility index (Phi) is 7.23. The molecular weight excluding hydrogens is 346 g/mol. The van der Waals surface area contributed by atoms with Gasteiger partial charge in [0, 0.05) is 0 Å². The number of methoxy groups -OCH3 is 1. The molecule has 144 valence electrons. The summed E-state index contributed by atoms with van der Waals surface area (Å²) in [7, 11) is 1.30. The van der Waals surface area contributed by atoms with Crippen LogP contribution in [0.25, 0.3) is 0 Å². The second-order valence-electron chi connectivity index (χ2n) is 6.30. The van der Waals surface area contributed by atoms with E-state index < -0.39 is 11.5 Å². The van der Waals surface area contributed by atoms with Crippen LogP contribution in [0.15, 0.2) is 54.6 Å². The fourth-order valence-electron chi connectivity index (χ4n) is 2.66. The lowest BCUT2D eigenvalue weighted by Gasteiger charge is -2.27. The van der Waals surface area contributed by atoms with Gasteiger partial charge in [-0.25, -0.2) is 4.79 Å². The number of esters is 1. The Morgan fingerprint density at radius 1 is 0.963 bits per heavy atom. The van der Waals surface area contributed by atoms with E-state index in [0.717, 1.165) is 12.2 Å². The highest BCUT2D eigenvalue weighted by molar-refractivity contribution is 5.88. The normalized spacial score (nSPS) is 12.6. The maximum atomic E-state index is 12.2. The molecule has 1 amide bonds. The molecule has 2 aromatic rings. The Bertz CT molecular complexity index is 745. The van der Waals surface area contributed by atoms with Crippen LogP contribution in [0.1, 0.15) is 26.7 Å². The maximum absolute atomic E-state index is 12.2. The van der Waals surface area contributed by atoms with Gasteiger partial charge in [0.05, 0.1) is 7.11 Å². The first-order chi connectivity index (χ1) is 13.0. The van der Waals surface area contributed by atoms with Crippen molar-refractivity contribution in [3.05, 3.63) is 54.6 Å². The molecule has 0 saturated carbocycles. The van der Waals surface area contributed by atoms with Crippen LogP contribution < -0.4 is 14.8 Å². The molecule has 0 aliphatic carbocycles. The first kappa shape index (κ1) is 20.3. The highest BCUT2D eigenvalue weighted by Crippen LogP contribution is 2.23. The van der Waals surface area contributed by atoms with E-state index in [1.165, 1.54) is 7.11 Å². The van der Waals surface area contributed by atoms with E-state index >= 15 is 0 Å². The van der Waals surface area contributed by atoms with Crippen molar-refractivity contribution in [3.8, 4) is 17.2 Å². The van der Waals surface area contributed by atoms with Crippen LogP contribution >= 0.6 is 0 Å². The van der Waals surface area contributed by atoms with Gasteiger partial charge in [-0.05, 0) is 49.7 Å². The molecular formula is C21H25NO5. The quantitative estimate of drug-likeness (QED) is 0.680. The minimum atomic E-state index is -1.06. The van der Waals surface area contributed by atoms with E-state index in [9.17, 15) is 9.59 Å². The first-order valence-corrected chi connectivity index (χ1v) is 8.82. The molecule has 0 heterocycles. The van der Waals surface area contributed by atoms with Crippen LogP contribution in [0.5, 0.6) is 17.2 Å². The van der Waals surface area contributed by atoms with Gasteiger partial charge in [0.25, 0.3) is 5.91 Å². The van der Waals surface area contributed by atoms with Crippen LogP contribution in [0.4, 0.5) is 0 Å². The van der Waals surface area contributed by atoms with E-state index in [4.69, 9.17) is 14.2 Å². The summed E-state index contributed by atoms with van der Waals surface area (Å²) in [6.45, 7) is 3.38. The van der Waals surface area contributed by atoms with Gasteiger partial charge < -0.3 is 19.5 Å². The summed E-state index contributed by atoms with van der Waals surface area (Å²) in [5, 5.41) is 2.70. The van der Waals surface area contributed by atoms with Crippen molar-refractivity contribution in [1.29, 1.82) is 0 Å². The number of hydrogen-bond acceptors (Lipinski definition) is 5. The van der Waals surface area contributed by atoms with Crippen molar-refractivity contribution >= 4 is 11.9 Å². The minimum Gasteiger partial charge on any atom is -0.484 e. The van der Waals surface area contributed by atoms with Gasteiger partial charge in [0.2, 0.25) is 0 Å². The lowest BCUT2D eigenvalue weighted by Crippen LogP contribution is -2.53. The van der Waals surface area contributed by atoms with E-state index in [0.29, 0.717) is 17.9 Å². The van der Waals surface area contributed by atoms with Crippen LogP contribution in [-0.2, 0) is 14.3 Å². The molecule has 0 saturated heterocycles. The molecule has 1 atom stereocenters. The van der Waals surface area contributed by atoms with Gasteiger partial charge in [0.15, 0.2) is 6.61 Å². The number of ether oxygens (including phenoxy) is 3. The average Bonchev–Trinajstić information content (AvgIpc) is 2.67. The number of amides is 1. The molecule has 0 radical (unpaired) electrons. The Morgan fingerprint density at radius 2 is 1.56 bits per heavy atom. The van der Waals surface area contributed by atoms with Crippen LogP contribution in [0.2, 0.25) is 0 Å². The topological polar surface area (TPSA) is 73.9 Å². The Morgan fingerprint density at radius 3 is 2.15 bits per heavy atom. The van der Waals surface area contributed by atoms with Gasteiger partial charge >= 0.3 is 5.97 Å². The van der Waals surface area contributed by atoms with Gasteiger partial charge in [-0.2, -0.15) is 0 Å². The molecule has 0 aromatic heterocycles. The molecule has 6 nitrogen and oxygen atoms in total. The van der Waals surface area contributed by atoms with Gasteiger partial charge in [-0.15, -0.1) is 0 Å². The summed E-state index contributed by atoms with van der Waals surface area (Å²) in [5.74, 6) is 1.07. The summed E-state index contributed by atoms with van der Waals surface area (Å²) in [6.07, 6.45) is 1.21. The minimum absolute atomic E-state index is 0.199.